The predicted molar refractivity (Wildman–Crippen MR) is 308 cm³/mol. The van der Waals surface area contributed by atoms with Crippen molar-refractivity contribution in [3.05, 3.63) is 84.9 Å². The first-order valence-electron chi connectivity index (χ1n) is 25.8. The number of benzene rings is 2. The van der Waals surface area contributed by atoms with Gasteiger partial charge in [0.05, 0.1) is 53.7 Å². The molecule has 0 fully saturated rings. The lowest BCUT2D eigenvalue weighted by molar-refractivity contribution is -0.468. The van der Waals surface area contributed by atoms with Gasteiger partial charge < -0.3 is 56.7 Å². The van der Waals surface area contributed by atoms with Gasteiger partial charge in [-0.25, -0.2) is 12.8 Å². The van der Waals surface area contributed by atoms with Crippen LogP contribution in [0.3, 0.4) is 0 Å². The van der Waals surface area contributed by atoms with E-state index in [0.717, 1.165) is 106 Å². The minimum Gasteiger partial charge on any atom is -0.744 e. The lowest BCUT2D eigenvalue weighted by atomic mass is 9.87. The van der Waals surface area contributed by atoms with Crippen LogP contribution in [0.2, 0.25) is 0 Å². The number of hydrogen-bond acceptors (Lipinski definition) is 22. The number of ether oxygens (including phenoxy) is 11. The Balaban J connectivity index is 0.000000209. The van der Waals surface area contributed by atoms with Gasteiger partial charge in [0.25, 0.3) is 16.7 Å². The van der Waals surface area contributed by atoms with Crippen LogP contribution >= 0.6 is 68.4 Å². The van der Waals surface area contributed by atoms with Gasteiger partial charge in [-0.3, -0.25) is 4.55 Å². The molecule has 0 saturated carbocycles. The summed E-state index contributed by atoms with van der Waals surface area (Å²) in [5.74, 6) is 9.08. The fraction of sp³-hybridized carbons (Fsp3) is 0.364. The second kappa shape index (κ2) is 21.8. The van der Waals surface area contributed by atoms with E-state index in [1.54, 1.807) is 92.7 Å². The maximum absolute atomic E-state index is 11.1. The van der Waals surface area contributed by atoms with E-state index < -0.39 is 20.2 Å². The first-order valence-corrected chi connectivity index (χ1v) is 33.6. The molecule has 7 aromatic rings. The van der Waals surface area contributed by atoms with Gasteiger partial charge >= 0.3 is 5.78 Å². The van der Waals surface area contributed by atoms with E-state index >= 15 is 0 Å². The van der Waals surface area contributed by atoms with Gasteiger partial charge in [-0.1, -0.05) is 49.9 Å². The minimum absolute atomic E-state index is 0.111. The third kappa shape index (κ3) is 10.1. The molecule has 26 heteroatoms. The molecule has 2 aromatic carbocycles. The fourth-order valence-electron chi connectivity index (χ4n) is 10.4. The summed E-state index contributed by atoms with van der Waals surface area (Å²) < 4.78 is 140. The van der Waals surface area contributed by atoms with Gasteiger partial charge in [-0.05, 0) is 67.5 Å². The third-order valence-electron chi connectivity index (χ3n) is 14.1. The molecule has 0 amide bonds. The Morgan fingerprint density at radius 3 is 1.32 bits per heavy atom. The van der Waals surface area contributed by atoms with E-state index in [0.29, 0.717) is 114 Å². The maximum Gasteiger partial charge on any atom is 0.380 e. The van der Waals surface area contributed by atoms with E-state index in [1.165, 1.54) is 24.3 Å². The van der Waals surface area contributed by atoms with E-state index in [2.05, 4.69) is 13.8 Å². The number of hydrogen-bond donors (Lipinski definition) is 1. The van der Waals surface area contributed by atoms with Gasteiger partial charge in [0, 0.05) is 9.75 Å². The molecule has 0 radical (unpaired) electrons. The molecule has 3 atom stereocenters. The van der Waals surface area contributed by atoms with Crippen molar-refractivity contribution < 1.29 is 82.5 Å². The highest BCUT2D eigenvalue weighted by Gasteiger charge is 2.51. The summed E-state index contributed by atoms with van der Waals surface area (Å²) in [6, 6.07) is 11.9. The summed E-state index contributed by atoms with van der Waals surface area (Å²) in [6.45, 7) is 13.7. The van der Waals surface area contributed by atoms with Crippen molar-refractivity contribution >= 4 is 99.4 Å². The number of fused-ring (bicyclic) bond motifs is 6. The van der Waals surface area contributed by atoms with Crippen molar-refractivity contribution in [2.45, 2.75) is 61.0 Å². The average molecular weight is 1260 g/mol. The van der Waals surface area contributed by atoms with Crippen LogP contribution in [0.1, 0.15) is 68.0 Å². The van der Waals surface area contributed by atoms with E-state index in [1.807, 2.05) is 13.8 Å². The Morgan fingerprint density at radius 2 is 0.864 bits per heavy atom. The molecule has 1 N–H and O–H groups in total. The molecule has 81 heavy (non-hydrogen) atoms. The molecule has 12 heterocycles. The summed E-state index contributed by atoms with van der Waals surface area (Å²) in [7, 11) is -8.65. The Kier molecular flexibility index (Phi) is 14.7. The number of aryl methyl sites for hydroxylation is 2. The van der Waals surface area contributed by atoms with Gasteiger partial charge in [-0.15, -0.1) is 56.7 Å². The molecule has 3 unspecified atom stereocenters. The quantitative estimate of drug-likeness (QED) is 0.0938. The van der Waals surface area contributed by atoms with Crippen molar-refractivity contribution in [1.82, 2.24) is 0 Å². The van der Waals surface area contributed by atoms with Crippen molar-refractivity contribution in [2.24, 2.45) is 0 Å². The molecule has 14 rings (SSSR count). The lowest BCUT2D eigenvalue weighted by Gasteiger charge is -2.19. The van der Waals surface area contributed by atoms with Gasteiger partial charge in [0.2, 0.25) is 5.76 Å². The summed E-state index contributed by atoms with van der Waals surface area (Å²) in [5.41, 5.74) is 1.84. The molecule has 0 bridgehead atoms. The molecule has 7 aliphatic heterocycles. The highest BCUT2D eigenvalue weighted by atomic mass is 32.2. The number of allylic oxidation sites excluding steroid dienone is 1. The minimum atomic E-state index is -4.45. The van der Waals surface area contributed by atoms with Crippen LogP contribution < -0.4 is 47.4 Å². The highest BCUT2D eigenvalue weighted by Crippen LogP contribution is 2.67. The van der Waals surface area contributed by atoms with Crippen LogP contribution in [0.4, 0.5) is 0 Å². The molecule has 0 aliphatic carbocycles. The SMILES string of the molecule is CC(CC(C)c1ccc(S(=O)(=O)O)cc1)c1ccc(S(=O)(=O)[O-])cc1.Cc1sc(-c2sc(-c3sc(-c4sc(C5=C6OCC[O+]=C6C(c6sc(C)c7c6OCCO7)S5)c5c4OCCO5)c4c3OCCO4)c3c2OCCO3)c2c1OCCO2. The number of rotatable bonds is 11. The number of thioether (sulfide) groups is 1. The Bertz CT molecular complexity index is 3820. The van der Waals surface area contributed by atoms with Crippen molar-refractivity contribution in [3.8, 4) is 86.8 Å². The average Bonchev–Trinajstić information content (AvgIpc) is 3.64. The van der Waals surface area contributed by atoms with Crippen LogP contribution in [0.15, 0.2) is 64.1 Å². The molecule has 18 nitrogen and oxygen atoms in total. The van der Waals surface area contributed by atoms with Gasteiger partial charge in [-0.2, -0.15) is 8.42 Å². The summed E-state index contributed by atoms with van der Waals surface area (Å²) in [4.78, 5) is 10.2. The number of ketones is 1. The van der Waals surface area contributed by atoms with Crippen molar-refractivity contribution in [3.63, 3.8) is 0 Å². The topological polar surface area (TPSA) is 224 Å². The Morgan fingerprint density at radius 1 is 0.494 bits per heavy atom. The van der Waals surface area contributed by atoms with Gasteiger partial charge in [0.15, 0.2) is 69.4 Å². The Hall–Kier alpha value is -5.68. The Labute approximate surface area is 490 Å². The zero-order valence-electron chi connectivity index (χ0n) is 43.7. The van der Waals surface area contributed by atoms with Crippen molar-refractivity contribution in [1.29, 1.82) is 0 Å². The van der Waals surface area contributed by atoms with Crippen LogP contribution in [0, 0.1) is 13.8 Å². The normalized spacial score (nSPS) is 18.5. The first-order chi connectivity index (χ1) is 39.1. The molecule has 0 saturated heterocycles. The lowest BCUT2D eigenvalue weighted by Crippen LogP contribution is -2.21. The standard InChI is InChI=1S/C38H31O12S6.C17H20O6S2/c1-15-17-19(41-5-3-39-17)29(51-15)31-21-23(45-9-7-43-21)33(53-31)35-25-27(49-13-11-47-25)37(55-35)38-28-26(48-12-14-50-28)36(56-38)34-24-22(44-8-10-46-24)32(54-34)30-20-18(16(2)52-30)40-4-6-42-20;1-12(14-3-7-16(8-4-14)24(18,19)20)11-13(2)15-5-9-17(10-6-15)25(21,22)23/h31H,3-14H2,1-2H3;3-10,12-13H,11H2,1-2H3,(H,18,19,20)(H,21,22,23)/q+1;/p-1. The smallest absolute Gasteiger partial charge is 0.380 e. The number of carbonyl (C=O) groups excluding carboxylic acids is 1. The van der Waals surface area contributed by atoms with Crippen LogP contribution in [-0.4, -0.2) is 111 Å². The second-order valence-electron chi connectivity index (χ2n) is 19.4. The zero-order valence-corrected chi connectivity index (χ0v) is 50.2. The molecular weight excluding hydrogens is 1210 g/mol. The van der Waals surface area contributed by atoms with E-state index in [-0.39, 0.29) is 26.9 Å². The molecule has 426 valence electrons. The highest BCUT2D eigenvalue weighted by molar-refractivity contribution is 8.10. The monoisotopic (exact) mass is 1250 g/mol. The molecule has 5 aromatic heterocycles. The summed E-state index contributed by atoms with van der Waals surface area (Å²) in [6.07, 6.45) is 0.745. The molecular formula is C55H50O18S8. The number of thiophene rings is 5. The van der Waals surface area contributed by atoms with Crippen molar-refractivity contribution in [2.75, 3.05) is 79.3 Å². The summed E-state index contributed by atoms with van der Waals surface area (Å²) in [5, 5.41) is -0.158. The van der Waals surface area contributed by atoms with E-state index in [4.69, 9.17) is 61.1 Å². The second-order valence-corrected chi connectivity index (χ2v) is 28.8. The molecule has 7 aliphatic rings. The van der Waals surface area contributed by atoms with Crippen LogP contribution in [0.5, 0.6) is 57.5 Å². The van der Waals surface area contributed by atoms with Crippen LogP contribution in [-0.2, 0) is 29.4 Å². The maximum atomic E-state index is 11.1. The zero-order chi connectivity index (χ0) is 55.9. The first kappa shape index (κ1) is 54.6. The van der Waals surface area contributed by atoms with Crippen LogP contribution in [0.25, 0.3) is 34.2 Å². The van der Waals surface area contributed by atoms with Gasteiger partial charge in [0.1, 0.15) is 76.2 Å². The third-order valence-corrected chi connectivity index (χ3v) is 23.6. The molecule has 0 spiro atoms. The van der Waals surface area contributed by atoms with E-state index in [9.17, 15) is 21.4 Å². The summed E-state index contributed by atoms with van der Waals surface area (Å²) >= 11 is 9.83. The largest absolute Gasteiger partial charge is 0.744 e. The fourth-order valence-corrected chi connectivity index (χ4v) is 19.0. The predicted octanol–water partition coefficient (Wildman–Crippen LogP) is 11.9.